The number of thioether (sulfide) groups is 1. The maximum Gasteiger partial charge on any atom is 0.233 e. The molecule has 0 bridgehead atoms. The number of fused-ring (bicyclic) bond motifs is 1. The molecule has 112 valence electrons. The average Bonchev–Trinajstić information content (AvgIpc) is 3.09. The number of nitrogens with zero attached hydrogens (tertiary/aromatic N) is 3. The molecular weight excluding hydrogens is 304 g/mol. The molecular formula is C14H18N4OS2. The molecule has 2 aromatic heterocycles. The zero-order valence-electron chi connectivity index (χ0n) is 12.2. The van der Waals surface area contributed by atoms with E-state index in [0.29, 0.717) is 12.3 Å². The number of aromatic nitrogens is 3. The number of hydrogen-bond donors (Lipinski definition) is 1. The Hall–Kier alpha value is -1.34. The third-order valence-electron chi connectivity index (χ3n) is 3.62. The standard InChI is InChI=1S/C14H18N4OS2/c1-3-11-10-6-18(5-4-12(10)17-16-11)13(19)8-21-14-15-9(2)7-20-14/h7H,3-6,8H2,1-2H3,(H,16,17). The van der Waals surface area contributed by atoms with Crippen LogP contribution >= 0.6 is 23.1 Å². The Morgan fingerprint density at radius 3 is 3.14 bits per heavy atom. The largest absolute Gasteiger partial charge is 0.337 e. The van der Waals surface area contributed by atoms with E-state index in [1.807, 2.05) is 17.2 Å². The van der Waals surface area contributed by atoms with Crippen LogP contribution in [0.5, 0.6) is 0 Å². The molecule has 1 amide bonds. The Morgan fingerprint density at radius 2 is 2.43 bits per heavy atom. The molecule has 1 aliphatic rings. The highest BCUT2D eigenvalue weighted by Gasteiger charge is 2.24. The van der Waals surface area contributed by atoms with Gasteiger partial charge in [0.2, 0.25) is 5.91 Å². The van der Waals surface area contributed by atoms with Crippen LogP contribution < -0.4 is 0 Å². The molecule has 0 unspecified atom stereocenters. The Bertz CT molecular complexity index is 636. The number of aryl methyl sites for hydroxylation is 2. The van der Waals surface area contributed by atoms with Gasteiger partial charge in [-0.1, -0.05) is 18.7 Å². The van der Waals surface area contributed by atoms with Gasteiger partial charge in [0, 0.05) is 41.8 Å². The number of thiazole rings is 1. The SMILES string of the molecule is CCc1n[nH]c2c1CN(C(=O)CSc1nc(C)cs1)CC2. The van der Waals surface area contributed by atoms with Crippen molar-refractivity contribution in [3.63, 3.8) is 0 Å². The second-order valence-electron chi connectivity index (χ2n) is 5.09. The number of H-pyrrole nitrogens is 1. The summed E-state index contributed by atoms with van der Waals surface area (Å²) < 4.78 is 0.969. The molecule has 1 aliphatic heterocycles. The van der Waals surface area contributed by atoms with Crippen LogP contribution in [0, 0.1) is 6.92 Å². The number of nitrogens with one attached hydrogen (secondary N) is 1. The molecule has 0 fully saturated rings. The van der Waals surface area contributed by atoms with Crippen LogP contribution in [0.3, 0.4) is 0 Å². The van der Waals surface area contributed by atoms with Gasteiger partial charge in [-0.05, 0) is 13.3 Å². The molecule has 7 heteroatoms. The van der Waals surface area contributed by atoms with Crippen molar-refractivity contribution in [2.45, 2.75) is 37.6 Å². The molecule has 0 aliphatic carbocycles. The van der Waals surface area contributed by atoms with E-state index in [1.165, 1.54) is 23.0 Å². The van der Waals surface area contributed by atoms with Gasteiger partial charge < -0.3 is 4.90 Å². The third-order valence-corrected chi connectivity index (χ3v) is 5.75. The van der Waals surface area contributed by atoms with Crippen molar-refractivity contribution in [1.82, 2.24) is 20.1 Å². The van der Waals surface area contributed by atoms with Crippen molar-refractivity contribution < 1.29 is 4.79 Å². The van der Waals surface area contributed by atoms with E-state index in [1.54, 1.807) is 11.3 Å². The topological polar surface area (TPSA) is 61.9 Å². The first-order valence-corrected chi connectivity index (χ1v) is 8.91. The summed E-state index contributed by atoms with van der Waals surface area (Å²) in [5.41, 5.74) is 4.51. The van der Waals surface area contributed by atoms with Gasteiger partial charge in [-0.3, -0.25) is 9.89 Å². The van der Waals surface area contributed by atoms with Gasteiger partial charge in [-0.2, -0.15) is 5.10 Å². The van der Waals surface area contributed by atoms with E-state index in [4.69, 9.17) is 0 Å². The summed E-state index contributed by atoms with van der Waals surface area (Å²) in [6.07, 6.45) is 1.77. The number of rotatable bonds is 4. The molecule has 3 rings (SSSR count). The molecule has 2 aromatic rings. The second-order valence-corrected chi connectivity index (χ2v) is 7.17. The van der Waals surface area contributed by atoms with Crippen LogP contribution in [0.1, 0.15) is 29.6 Å². The van der Waals surface area contributed by atoms with Gasteiger partial charge in [0.05, 0.1) is 11.4 Å². The lowest BCUT2D eigenvalue weighted by Crippen LogP contribution is -2.37. The quantitative estimate of drug-likeness (QED) is 0.878. The van der Waals surface area contributed by atoms with Crippen molar-refractivity contribution in [2.24, 2.45) is 0 Å². The zero-order valence-corrected chi connectivity index (χ0v) is 13.8. The molecule has 5 nitrogen and oxygen atoms in total. The van der Waals surface area contributed by atoms with Crippen LogP contribution in [0.4, 0.5) is 0 Å². The molecule has 0 radical (unpaired) electrons. The smallest absolute Gasteiger partial charge is 0.233 e. The highest BCUT2D eigenvalue weighted by Crippen LogP contribution is 2.25. The molecule has 3 heterocycles. The van der Waals surface area contributed by atoms with Gasteiger partial charge in [0.25, 0.3) is 0 Å². The lowest BCUT2D eigenvalue weighted by molar-refractivity contribution is -0.129. The Balaban J connectivity index is 1.61. The van der Waals surface area contributed by atoms with E-state index < -0.39 is 0 Å². The monoisotopic (exact) mass is 322 g/mol. The minimum Gasteiger partial charge on any atom is -0.337 e. The maximum atomic E-state index is 12.4. The Kier molecular flexibility index (Phi) is 4.30. The van der Waals surface area contributed by atoms with E-state index in [0.717, 1.165) is 35.1 Å². The third kappa shape index (κ3) is 3.13. The number of carbonyl (C=O) groups is 1. The number of aromatic amines is 1. The molecule has 0 saturated heterocycles. The van der Waals surface area contributed by atoms with Crippen molar-refractivity contribution in [3.8, 4) is 0 Å². The molecule has 0 aromatic carbocycles. The van der Waals surface area contributed by atoms with Crippen molar-refractivity contribution in [2.75, 3.05) is 12.3 Å². The lowest BCUT2D eigenvalue weighted by atomic mass is 10.0. The fraction of sp³-hybridized carbons (Fsp3) is 0.500. The second kappa shape index (κ2) is 6.19. The van der Waals surface area contributed by atoms with Crippen molar-refractivity contribution >= 4 is 29.0 Å². The van der Waals surface area contributed by atoms with E-state index >= 15 is 0 Å². The highest BCUT2D eigenvalue weighted by atomic mass is 32.2. The minimum absolute atomic E-state index is 0.182. The van der Waals surface area contributed by atoms with Crippen LogP contribution in [0.15, 0.2) is 9.72 Å². The number of hydrogen-bond acceptors (Lipinski definition) is 5. The molecule has 0 spiro atoms. The van der Waals surface area contributed by atoms with E-state index in [-0.39, 0.29) is 5.91 Å². The first-order chi connectivity index (χ1) is 10.2. The van der Waals surface area contributed by atoms with Gasteiger partial charge >= 0.3 is 0 Å². The van der Waals surface area contributed by atoms with Gasteiger partial charge in [0.1, 0.15) is 0 Å². The fourth-order valence-corrected chi connectivity index (χ4v) is 4.23. The zero-order chi connectivity index (χ0) is 14.8. The minimum atomic E-state index is 0.182. The van der Waals surface area contributed by atoms with Crippen LogP contribution in [-0.2, 0) is 24.2 Å². The molecule has 0 atom stereocenters. The normalized spacial score (nSPS) is 14.3. The Labute approximate surface area is 132 Å². The summed E-state index contributed by atoms with van der Waals surface area (Å²) >= 11 is 3.13. The van der Waals surface area contributed by atoms with Gasteiger partial charge in [-0.25, -0.2) is 4.98 Å². The van der Waals surface area contributed by atoms with Gasteiger partial charge in [-0.15, -0.1) is 11.3 Å². The van der Waals surface area contributed by atoms with Crippen molar-refractivity contribution in [1.29, 1.82) is 0 Å². The number of amides is 1. The highest BCUT2D eigenvalue weighted by molar-refractivity contribution is 8.01. The van der Waals surface area contributed by atoms with Crippen LogP contribution in [0.25, 0.3) is 0 Å². The maximum absolute atomic E-state index is 12.4. The van der Waals surface area contributed by atoms with E-state index in [9.17, 15) is 4.79 Å². The molecule has 0 saturated carbocycles. The lowest BCUT2D eigenvalue weighted by Gasteiger charge is -2.27. The first-order valence-electron chi connectivity index (χ1n) is 7.05. The van der Waals surface area contributed by atoms with Crippen LogP contribution in [0.2, 0.25) is 0 Å². The molecule has 1 N–H and O–H groups in total. The summed E-state index contributed by atoms with van der Waals surface area (Å²) in [6, 6.07) is 0. The Morgan fingerprint density at radius 1 is 1.57 bits per heavy atom. The predicted octanol–water partition coefficient (Wildman–Crippen LogP) is 2.41. The fourth-order valence-electron chi connectivity index (χ4n) is 2.47. The predicted molar refractivity (Wildman–Crippen MR) is 84.7 cm³/mol. The summed E-state index contributed by atoms with van der Waals surface area (Å²) in [7, 11) is 0. The van der Waals surface area contributed by atoms with Gasteiger partial charge in [0.15, 0.2) is 4.34 Å². The summed E-state index contributed by atoms with van der Waals surface area (Å²) in [5, 5.41) is 9.44. The average molecular weight is 322 g/mol. The summed E-state index contributed by atoms with van der Waals surface area (Å²) in [6.45, 7) is 5.53. The van der Waals surface area contributed by atoms with Crippen molar-refractivity contribution in [3.05, 3.63) is 28.0 Å². The van der Waals surface area contributed by atoms with Crippen LogP contribution in [-0.4, -0.2) is 38.3 Å². The van der Waals surface area contributed by atoms with E-state index in [2.05, 4.69) is 22.1 Å². The summed E-state index contributed by atoms with van der Waals surface area (Å²) in [4.78, 5) is 18.7. The number of carbonyl (C=O) groups excluding carboxylic acids is 1. The summed E-state index contributed by atoms with van der Waals surface area (Å²) in [5.74, 6) is 0.642. The molecule has 21 heavy (non-hydrogen) atoms. The first kappa shape index (κ1) is 14.6.